The van der Waals surface area contributed by atoms with Crippen LogP contribution in [0.1, 0.15) is 30.4 Å². The average Bonchev–Trinajstić information content (AvgIpc) is 2.47. The van der Waals surface area contributed by atoms with Crippen molar-refractivity contribution in [2.24, 2.45) is 11.7 Å². The molecule has 1 aliphatic carbocycles. The van der Waals surface area contributed by atoms with E-state index in [1.807, 2.05) is 0 Å². The van der Waals surface area contributed by atoms with E-state index in [2.05, 4.69) is 65.6 Å². The number of hydrogen-bond acceptors (Lipinski definition) is 2. The highest BCUT2D eigenvalue weighted by molar-refractivity contribution is 5.17. The Hall–Kier alpha value is -1.64. The third kappa shape index (κ3) is 4.19. The average molecular weight is 294 g/mol. The molecule has 0 bridgehead atoms. The van der Waals surface area contributed by atoms with Crippen molar-refractivity contribution in [2.75, 3.05) is 6.54 Å². The van der Waals surface area contributed by atoms with Crippen molar-refractivity contribution in [2.45, 2.75) is 38.4 Å². The van der Waals surface area contributed by atoms with Crippen molar-refractivity contribution in [3.63, 3.8) is 0 Å². The number of hydrogen-bond donors (Lipinski definition) is 1. The van der Waals surface area contributed by atoms with E-state index >= 15 is 0 Å². The molecule has 0 radical (unpaired) electrons. The molecule has 2 aromatic rings. The van der Waals surface area contributed by atoms with Crippen LogP contribution in [0.3, 0.4) is 0 Å². The zero-order valence-electron chi connectivity index (χ0n) is 13.2. The highest BCUT2D eigenvalue weighted by atomic mass is 15.1. The molecule has 0 spiro atoms. The van der Waals surface area contributed by atoms with Crippen LogP contribution < -0.4 is 5.73 Å². The lowest BCUT2D eigenvalue weighted by Crippen LogP contribution is -2.44. The van der Waals surface area contributed by atoms with Gasteiger partial charge in [-0.05, 0) is 29.9 Å². The molecule has 2 nitrogen and oxygen atoms in total. The van der Waals surface area contributed by atoms with E-state index in [0.717, 1.165) is 25.6 Å². The van der Waals surface area contributed by atoms with E-state index in [-0.39, 0.29) is 0 Å². The number of rotatable bonds is 7. The molecule has 0 saturated heterocycles. The van der Waals surface area contributed by atoms with Gasteiger partial charge in [0.25, 0.3) is 0 Å². The molecular weight excluding hydrogens is 268 g/mol. The molecule has 0 heterocycles. The summed E-state index contributed by atoms with van der Waals surface area (Å²) in [6.07, 6.45) is 3.98. The lowest BCUT2D eigenvalue weighted by molar-refractivity contribution is 0.175. The topological polar surface area (TPSA) is 29.3 Å². The van der Waals surface area contributed by atoms with Gasteiger partial charge in [-0.15, -0.1) is 0 Å². The second-order valence-corrected chi connectivity index (χ2v) is 6.50. The summed E-state index contributed by atoms with van der Waals surface area (Å²) < 4.78 is 0. The standard InChI is InChI=1S/C20H26N2/c21-20(19-12-7-13-19)16-22(14-17-8-3-1-4-9-17)15-18-10-5-2-6-11-18/h1-6,8-11,19-20H,7,12-16,21H2. The smallest absolute Gasteiger partial charge is 0.0237 e. The van der Waals surface area contributed by atoms with E-state index < -0.39 is 0 Å². The second kappa shape index (κ2) is 7.57. The maximum Gasteiger partial charge on any atom is 0.0237 e. The summed E-state index contributed by atoms with van der Waals surface area (Å²) in [5, 5.41) is 0. The molecule has 1 fully saturated rings. The van der Waals surface area contributed by atoms with E-state index in [1.54, 1.807) is 0 Å². The Kier molecular flexibility index (Phi) is 5.25. The van der Waals surface area contributed by atoms with Crippen molar-refractivity contribution in [3.05, 3.63) is 71.8 Å². The van der Waals surface area contributed by atoms with E-state index in [9.17, 15) is 0 Å². The molecule has 2 heteroatoms. The summed E-state index contributed by atoms with van der Waals surface area (Å²) in [4.78, 5) is 2.49. The summed E-state index contributed by atoms with van der Waals surface area (Å²) in [6.45, 7) is 2.92. The first-order valence-electron chi connectivity index (χ1n) is 8.37. The van der Waals surface area contributed by atoms with Crippen LogP contribution in [0.2, 0.25) is 0 Å². The molecule has 0 aromatic heterocycles. The van der Waals surface area contributed by atoms with Crippen LogP contribution in [0.5, 0.6) is 0 Å². The SMILES string of the molecule is NC(CN(Cc1ccccc1)Cc1ccccc1)C1CCC1. The predicted molar refractivity (Wildman–Crippen MR) is 92.3 cm³/mol. The lowest BCUT2D eigenvalue weighted by Gasteiger charge is -2.35. The van der Waals surface area contributed by atoms with E-state index in [4.69, 9.17) is 5.73 Å². The largest absolute Gasteiger partial charge is 0.326 e. The third-order valence-corrected chi connectivity index (χ3v) is 4.72. The van der Waals surface area contributed by atoms with Crippen LogP contribution in [0.15, 0.2) is 60.7 Å². The van der Waals surface area contributed by atoms with Gasteiger partial charge in [0.15, 0.2) is 0 Å². The first kappa shape index (κ1) is 15.3. The highest BCUT2D eigenvalue weighted by Crippen LogP contribution is 2.29. The van der Waals surface area contributed by atoms with E-state index in [0.29, 0.717) is 6.04 Å². The van der Waals surface area contributed by atoms with Crippen LogP contribution in [0.4, 0.5) is 0 Å². The molecule has 1 saturated carbocycles. The van der Waals surface area contributed by atoms with Crippen LogP contribution in [-0.4, -0.2) is 17.5 Å². The van der Waals surface area contributed by atoms with Gasteiger partial charge in [-0.3, -0.25) is 4.90 Å². The number of nitrogens with zero attached hydrogens (tertiary/aromatic N) is 1. The highest BCUT2D eigenvalue weighted by Gasteiger charge is 2.25. The van der Waals surface area contributed by atoms with Gasteiger partial charge in [-0.2, -0.15) is 0 Å². The van der Waals surface area contributed by atoms with Gasteiger partial charge in [-0.25, -0.2) is 0 Å². The van der Waals surface area contributed by atoms with Gasteiger partial charge < -0.3 is 5.73 Å². The van der Waals surface area contributed by atoms with E-state index in [1.165, 1.54) is 30.4 Å². The zero-order valence-corrected chi connectivity index (χ0v) is 13.2. The summed E-state index contributed by atoms with van der Waals surface area (Å²) in [6, 6.07) is 21.7. The molecule has 3 rings (SSSR count). The van der Waals surface area contributed by atoms with Gasteiger partial charge in [0.2, 0.25) is 0 Å². The van der Waals surface area contributed by atoms with Crippen LogP contribution >= 0.6 is 0 Å². The Bertz CT molecular complexity index is 507. The first-order chi connectivity index (χ1) is 10.8. The Morgan fingerprint density at radius 2 is 1.36 bits per heavy atom. The lowest BCUT2D eigenvalue weighted by atomic mass is 9.80. The molecule has 0 amide bonds. The monoisotopic (exact) mass is 294 g/mol. The normalized spacial score (nSPS) is 16.5. The molecule has 0 aliphatic heterocycles. The molecule has 2 aromatic carbocycles. The molecule has 1 unspecified atom stereocenters. The maximum absolute atomic E-state index is 6.45. The van der Waals surface area contributed by atoms with Crippen molar-refractivity contribution in [3.8, 4) is 0 Å². The minimum absolute atomic E-state index is 0.307. The number of nitrogens with two attached hydrogens (primary N) is 1. The van der Waals surface area contributed by atoms with Gasteiger partial charge in [0.1, 0.15) is 0 Å². The minimum atomic E-state index is 0.307. The second-order valence-electron chi connectivity index (χ2n) is 6.50. The first-order valence-corrected chi connectivity index (χ1v) is 8.37. The van der Waals surface area contributed by atoms with Crippen molar-refractivity contribution in [1.29, 1.82) is 0 Å². The zero-order chi connectivity index (χ0) is 15.2. The Labute approximate surface area is 134 Å². The van der Waals surface area contributed by atoms with Gasteiger partial charge in [0, 0.05) is 25.7 Å². The maximum atomic E-state index is 6.45. The summed E-state index contributed by atoms with van der Waals surface area (Å²) in [5.41, 5.74) is 9.17. The van der Waals surface area contributed by atoms with Crippen LogP contribution in [-0.2, 0) is 13.1 Å². The van der Waals surface area contributed by atoms with Gasteiger partial charge in [0.05, 0.1) is 0 Å². The third-order valence-electron chi connectivity index (χ3n) is 4.72. The Balaban J connectivity index is 1.66. The molecule has 22 heavy (non-hydrogen) atoms. The molecule has 1 atom stereocenters. The fourth-order valence-electron chi connectivity index (χ4n) is 3.18. The van der Waals surface area contributed by atoms with Gasteiger partial charge >= 0.3 is 0 Å². The van der Waals surface area contributed by atoms with Crippen molar-refractivity contribution in [1.82, 2.24) is 4.90 Å². The predicted octanol–water partition coefficient (Wildman–Crippen LogP) is 3.82. The summed E-state index contributed by atoms with van der Waals surface area (Å²) in [5.74, 6) is 0.731. The van der Waals surface area contributed by atoms with Gasteiger partial charge in [-0.1, -0.05) is 67.1 Å². The fraction of sp³-hybridized carbons (Fsp3) is 0.400. The van der Waals surface area contributed by atoms with Crippen molar-refractivity contribution < 1.29 is 0 Å². The molecular formula is C20H26N2. The van der Waals surface area contributed by atoms with Crippen LogP contribution in [0.25, 0.3) is 0 Å². The minimum Gasteiger partial charge on any atom is -0.326 e. The quantitative estimate of drug-likeness (QED) is 0.841. The Morgan fingerprint density at radius 1 is 0.864 bits per heavy atom. The number of benzene rings is 2. The van der Waals surface area contributed by atoms with Crippen molar-refractivity contribution >= 4 is 0 Å². The molecule has 1 aliphatic rings. The summed E-state index contributed by atoms with van der Waals surface area (Å²) in [7, 11) is 0. The van der Waals surface area contributed by atoms with Crippen LogP contribution in [0, 0.1) is 5.92 Å². The summed E-state index contributed by atoms with van der Waals surface area (Å²) >= 11 is 0. The Morgan fingerprint density at radius 3 is 1.77 bits per heavy atom. The molecule has 116 valence electrons. The fourth-order valence-corrected chi connectivity index (χ4v) is 3.18. The molecule has 2 N–H and O–H groups in total.